The number of aryl methyl sites for hydroxylation is 2. The first kappa shape index (κ1) is 25.5. The molecule has 5 nitrogen and oxygen atoms in total. The first-order valence-electron chi connectivity index (χ1n) is 11.6. The molecule has 0 aliphatic carbocycles. The van der Waals surface area contributed by atoms with Crippen molar-refractivity contribution in [3.63, 3.8) is 0 Å². The lowest BCUT2D eigenvalue weighted by molar-refractivity contribution is -0.138. The topological polar surface area (TPSA) is 55.8 Å². The van der Waals surface area contributed by atoms with Gasteiger partial charge in [0.25, 0.3) is 0 Å². The SMILES string of the molecule is C=CC(=O)OCCc1ccc(N(c2ccc(C)c(C)c2)c2ccccc2CCOC(=O)C=C)cc1. The van der Waals surface area contributed by atoms with E-state index >= 15 is 0 Å². The predicted octanol–water partition coefficient (Wildman–Crippen LogP) is 6.32. The summed E-state index contributed by atoms with van der Waals surface area (Å²) in [6, 6.07) is 22.7. The van der Waals surface area contributed by atoms with Gasteiger partial charge in [0.05, 0.1) is 13.2 Å². The second-order valence-electron chi connectivity index (χ2n) is 8.14. The van der Waals surface area contributed by atoms with Crippen LogP contribution in [0, 0.1) is 13.8 Å². The molecule has 0 amide bonds. The van der Waals surface area contributed by atoms with Gasteiger partial charge >= 0.3 is 11.9 Å². The molecule has 0 saturated carbocycles. The summed E-state index contributed by atoms with van der Waals surface area (Å²) in [5.41, 5.74) is 7.59. The molecular weight excluding hydrogens is 438 g/mol. The van der Waals surface area contributed by atoms with Crippen molar-refractivity contribution in [2.45, 2.75) is 26.7 Å². The third-order valence-electron chi connectivity index (χ3n) is 5.76. The van der Waals surface area contributed by atoms with Crippen molar-refractivity contribution in [2.75, 3.05) is 18.1 Å². The molecule has 0 aliphatic heterocycles. The van der Waals surface area contributed by atoms with Crippen LogP contribution in [0.5, 0.6) is 0 Å². The van der Waals surface area contributed by atoms with Crippen LogP contribution >= 0.6 is 0 Å². The molecule has 0 atom stereocenters. The fourth-order valence-electron chi connectivity index (χ4n) is 3.69. The normalized spacial score (nSPS) is 10.3. The zero-order valence-electron chi connectivity index (χ0n) is 20.3. The molecule has 0 spiro atoms. The van der Waals surface area contributed by atoms with Crippen molar-refractivity contribution in [3.05, 3.63) is 114 Å². The predicted molar refractivity (Wildman–Crippen MR) is 140 cm³/mol. The van der Waals surface area contributed by atoms with Crippen LogP contribution in [0.2, 0.25) is 0 Å². The number of benzene rings is 3. The van der Waals surface area contributed by atoms with Gasteiger partial charge in [0, 0.05) is 42.1 Å². The number of hydrogen-bond acceptors (Lipinski definition) is 5. The maximum atomic E-state index is 11.5. The molecule has 0 N–H and O–H groups in total. The van der Waals surface area contributed by atoms with Gasteiger partial charge in [-0.15, -0.1) is 0 Å². The van der Waals surface area contributed by atoms with Crippen LogP contribution in [0.4, 0.5) is 17.1 Å². The van der Waals surface area contributed by atoms with Crippen LogP contribution < -0.4 is 4.90 Å². The van der Waals surface area contributed by atoms with E-state index in [9.17, 15) is 9.59 Å². The Kier molecular flexibility index (Phi) is 9.02. The van der Waals surface area contributed by atoms with Gasteiger partial charge in [-0.1, -0.05) is 49.6 Å². The summed E-state index contributed by atoms with van der Waals surface area (Å²) in [6.45, 7) is 11.6. The van der Waals surface area contributed by atoms with E-state index in [0.717, 1.165) is 28.2 Å². The average Bonchev–Trinajstić information content (AvgIpc) is 2.87. The van der Waals surface area contributed by atoms with E-state index in [0.29, 0.717) is 19.4 Å². The molecule has 0 bridgehead atoms. The molecule has 0 heterocycles. The number of rotatable bonds is 11. The summed E-state index contributed by atoms with van der Waals surface area (Å²) < 4.78 is 10.3. The zero-order chi connectivity index (χ0) is 25.2. The van der Waals surface area contributed by atoms with E-state index in [1.165, 1.54) is 23.3 Å². The number of para-hydroxylation sites is 1. The minimum atomic E-state index is -0.428. The van der Waals surface area contributed by atoms with Gasteiger partial charge in [-0.2, -0.15) is 0 Å². The van der Waals surface area contributed by atoms with E-state index in [1.54, 1.807) is 0 Å². The summed E-state index contributed by atoms with van der Waals surface area (Å²) in [7, 11) is 0. The van der Waals surface area contributed by atoms with E-state index in [-0.39, 0.29) is 6.61 Å². The third-order valence-corrected chi connectivity index (χ3v) is 5.76. The lowest BCUT2D eigenvalue weighted by atomic mass is 10.0. The average molecular weight is 470 g/mol. The van der Waals surface area contributed by atoms with Gasteiger partial charge in [-0.05, 0) is 66.4 Å². The minimum absolute atomic E-state index is 0.269. The second-order valence-corrected chi connectivity index (χ2v) is 8.14. The summed E-state index contributed by atoms with van der Waals surface area (Å²) in [4.78, 5) is 25.0. The number of esters is 2. The smallest absolute Gasteiger partial charge is 0.330 e. The molecule has 0 aromatic heterocycles. The van der Waals surface area contributed by atoms with Crippen molar-refractivity contribution in [3.8, 4) is 0 Å². The van der Waals surface area contributed by atoms with E-state index in [2.05, 4.69) is 68.3 Å². The summed E-state index contributed by atoms with van der Waals surface area (Å²) in [5, 5.41) is 0. The monoisotopic (exact) mass is 469 g/mol. The number of ether oxygens (including phenoxy) is 2. The molecule has 180 valence electrons. The van der Waals surface area contributed by atoms with Gasteiger partial charge in [0.2, 0.25) is 0 Å². The van der Waals surface area contributed by atoms with E-state index < -0.39 is 11.9 Å². The van der Waals surface area contributed by atoms with Crippen LogP contribution in [0.1, 0.15) is 22.3 Å². The van der Waals surface area contributed by atoms with Crippen molar-refractivity contribution in [2.24, 2.45) is 0 Å². The van der Waals surface area contributed by atoms with Crippen LogP contribution in [-0.4, -0.2) is 25.2 Å². The van der Waals surface area contributed by atoms with Gasteiger partial charge in [-0.3, -0.25) is 0 Å². The largest absolute Gasteiger partial charge is 0.462 e. The summed E-state index contributed by atoms with van der Waals surface area (Å²) >= 11 is 0. The lowest BCUT2D eigenvalue weighted by Gasteiger charge is -2.28. The molecule has 0 unspecified atom stereocenters. The van der Waals surface area contributed by atoms with Crippen molar-refractivity contribution in [1.82, 2.24) is 0 Å². The molecule has 0 fully saturated rings. The molecule has 3 aromatic carbocycles. The first-order chi connectivity index (χ1) is 16.9. The quantitative estimate of drug-likeness (QED) is 0.243. The Morgan fingerprint density at radius 2 is 1.37 bits per heavy atom. The number of nitrogens with zero attached hydrogens (tertiary/aromatic N) is 1. The number of anilines is 3. The van der Waals surface area contributed by atoms with Gasteiger partial charge in [0.1, 0.15) is 0 Å². The highest BCUT2D eigenvalue weighted by molar-refractivity contribution is 5.82. The number of hydrogen-bond donors (Lipinski definition) is 0. The summed E-state index contributed by atoms with van der Waals surface area (Å²) in [6.07, 6.45) is 3.53. The molecule has 3 rings (SSSR count). The molecule has 3 aromatic rings. The Labute approximate surface area is 207 Å². The Hall–Kier alpha value is -4.12. The van der Waals surface area contributed by atoms with E-state index in [4.69, 9.17) is 9.47 Å². The fraction of sp³-hybridized carbons (Fsp3) is 0.200. The van der Waals surface area contributed by atoms with Gasteiger partial charge < -0.3 is 14.4 Å². The van der Waals surface area contributed by atoms with E-state index in [1.807, 2.05) is 30.3 Å². The van der Waals surface area contributed by atoms with Crippen LogP contribution in [0.15, 0.2) is 92.0 Å². The third kappa shape index (κ3) is 6.93. The number of carbonyl (C=O) groups excluding carboxylic acids is 2. The molecule has 0 radical (unpaired) electrons. The number of carbonyl (C=O) groups is 2. The molecule has 35 heavy (non-hydrogen) atoms. The standard InChI is InChI=1S/C30H31NO4/c1-5-29(32)34-19-17-24-12-15-26(16-13-24)31(27-14-11-22(3)23(4)21-27)28-10-8-7-9-25(28)18-20-35-30(33)6-2/h5-16,21H,1-2,17-20H2,3-4H3. The maximum absolute atomic E-state index is 11.5. The highest BCUT2D eigenvalue weighted by atomic mass is 16.5. The minimum Gasteiger partial charge on any atom is -0.462 e. The zero-order valence-corrected chi connectivity index (χ0v) is 20.3. The molecular formula is C30H31NO4. The second kappa shape index (κ2) is 12.4. The van der Waals surface area contributed by atoms with Gasteiger partial charge in [0.15, 0.2) is 0 Å². The van der Waals surface area contributed by atoms with Crippen LogP contribution in [-0.2, 0) is 31.9 Å². The van der Waals surface area contributed by atoms with Gasteiger partial charge in [-0.25, -0.2) is 9.59 Å². The Bertz CT molecular complexity index is 1200. The molecule has 0 saturated heterocycles. The Morgan fingerprint density at radius 1 is 0.771 bits per heavy atom. The maximum Gasteiger partial charge on any atom is 0.330 e. The highest BCUT2D eigenvalue weighted by Gasteiger charge is 2.17. The van der Waals surface area contributed by atoms with Crippen molar-refractivity contribution >= 4 is 29.0 Å². The van der Waals surface area contributed by atoms with Crippen molar-refractivity contribution in [1.29, 1.82) is 0 Å². The Balaban J connectivity index is 1.93. The Morgan fingerprint density at radius 3 is 2.00 bits per heavy atom. The molecule has 0 aliphatic rings. The lowest BCUT2D eigenvalue weighted by Crippen LogP contribution is -2.14. The van der Waals surface area contributed by atoms with Crippen molar-refractivity contribution < 1.29 is 19.1 Å². The fourth-order valence-corrected chi connectivity index (χ4v) is 3.69. The summed E-state index contributed by atoms with van der Waals surface area (Å²) in [5.74, 6) is -0.847. The first-order valence-corrected chi connectivity index (χ1v) is 11.6. The van der Waals surface area contributed by atoms with Crippen LogP contribution in [0.3, 0.4) is 0 Å². The molecule has 5 heteroatoms. The highest BCUT2D eigenvalue weighted by Crippen LogP contribution is 2.37. The van der Waals surface area contributed by atoms with Crippen LogP contribution in [0.25, 0.3) is 0 Å².